The molecule has 2 N–H and O–H groups in total. The van der Waals surface area contributed by atoms with Crippen LogP contribution in [0, 0.1) is 11.6 Å². The molecule has 0 atom stereocenters. The smallest absolute Gasteiger partial charge is 0.202 e. The Morgan fingerprint density at radius 3 is 2.67 bits per heavy atom. The zero-order valence-electron chi connectivity index (χ0n) is 6.60. The van der Waals surface area contributed by atoms with Gasteiger partial charge in [0.1, 0.15) is 0 Å². The van der Waals surface area contributed by atoms with Crippen molar-refractivity contribution < 1.29 is 13.5 Å². The summed E-state index contributed by atoms with van der Waals surface area (Å²) in [7, 11) is 0. The number of hydrogen-bond donors (Lipinski definition) is 1. The summed E-state index contributed by atoms with van der Waals surface area (Å²) >= 11 is 0. The van der Waals surface area contributed by atoms with Crippen LogP contribution in [-0.2, 0) is 0 Å². The van der Waals surface area contributed by atoms with Gasteiger partial charge in [-0.25, -0.2) is 4.39 Å². The van der Waals surface area contributed by atoms with E-state index in [9.17, 15) is 8.78 Å². The first-order chi connectivity index (χ1) is 5.66. The van der Waals surface area contributed by atoms with Gasteiger partial charge in [-0.15, -0.1) is 0 Å². The predicted octanol–water partition coefficient (Wildman–Crippen LogP) is 1.95. The number of anilines is 1. The largest absolute Gasteiger partial charge is 0.489 e. The van der Waals surface area contributed by atoms with E-state index in [4.69, 9.17) is 10.5 Å². The molecule has 0 aliphatic heterocycles. The molecule has 0 saturated heterocycles. The van der Waals surface area contributed by atoms with Crippen molar-refractivity contribution in [2.75, 3.05) is 12.3 Å². The molecule has 0 bridgehead atoms. The summed E-state index contributed by atoms with van der Waals surface area (Å²) in [6, 6.07) is 2.23. The third-order valence-corrected chi connectivity index (χ3v) is 1.37. The molecule has 2 nitrogen and oxygen atoms in total. The fraction of sp³-hybridized carbons (Fsp3) is 0.250. The lowest BCUT2D eigenvalue weighted by Crippen LogP contribution is -2.01. The average Bonchev–Trinajstić information content (AvgIpc) is 2.06. The maximum absolute atomic E-state index is 12.9. The molecule has 1 rings (SSSR count). The molecule has 12 heavy (non-hydrogen) atoms. The monoisotopic (exact) mass is 173 g/mol. The van der Waals surface area contributed by atoms with E-state index >= 15 is 0 Å². The summed E-state index contributed by atoms with van der Waals surface area (Å²) in [5.41, 5.74) is 5.45. The highest BCUT2D eigenvalue weighted by molar-refractivity contribution is 5.53. The Kier molecular flexibility index (Phi) is 2.47. The minimum atomic E-state index is -1.03. The first kappa shape index (κ1) is 8.77. The SMILES string of the molecule is CCOc1c(N)ccc(F)c1F. The Hall–Kier alpha value is -1.32. The van der Waals surface area contributed by atoms with Crippen molar-refractivity contribution in [2.24, 2.45) is 0 Å². The predicted molar refractivity (Wildman–Crippen MR) is 41.9 cm³/mol. The number of halogens is 2. The number of rotatable bonds is 2. The summed E-state index contributed by atoms with van der Waals surface area (Å²) in [5.74, 6) is -2.19. The molecule has 0 spiro atoms. The number of benzene rings is 1. The number of ether oxygens (including phenoxy) is 1. The molecule has 1 aromatic rings. The second kappa shape index (κ2) is 3.38. The van der Waals surface area contributed by atoms with Gasteiger partial charge in [-0.05, 0) is 19.1 Å². The molecule has 0 heterocycles. The lowest BCUT2D eigenvalue weighted by molar-refractivity contribution is 0.316. The van der Waals surface area contributed by atoms with Crippen LogP contribution in [0.15, 0.2) is 12.1 Å². The second-order valence-electron chi connectivity index (χ2n) is 2.21. The molecular formula is C8H9F2NO. The zero-order chi connectivity index (χ0) is 9.14. The van der Waals surface area contributed by atoms with E-state index in [0.29, 0.717) is 0 Å². The van der Waals surface area contributed by atoms with Crippen molar-refractivity contribution in [3.8, 4) is 5.75 Å². The van der Waals surface area contributed by atoms with Crippen molar-refractivity contribution >= 4 is 5.69 Å². The first-order valence-electron chi connectivity index (χ1n) is 3.53. The molecule has 4 heteroatoms. The summed E-state index contributed by atoms with van der Waals surface area (Å²) in [5, 5.41) is 0. The Balaban J connectivity index is 3.14. The highest BCUT2D eigenvalue weighted by Gasteiger charge is 2.11. The topological polar surface area (TPSA) is 35.2 Å². The fourth-order valence-electron chi connectivity index (χ4n) is 0.838. The van der Waals surface area contributed by atoms with E-state index < -0.39 is 11.6 Å². The van der Waals surface area contributed by atoms with Crippen molar-refractivity contribution in [1.29, 1.82) is 0 Å². The lowest BCUT2D eigenvalue weighted by Gasteiger charge is -2.07. The summed E-state index contributed by atoms with van der Waals surface area (Å²) in [4.78, 5) is 0. The van der Waals surface area contributed by atoms with Crippen molar-refractivity contribution in [3.63, 3.8) is 0 Å². The van der Waals surface area contributed by atoms with E-state index in [1.54, 1.807) is 6.92 Å². The molecule has 66 valence electrons. The lowest BCUT2D eigenvalue weighted by atomic mass is 10.3. The average molecular weight is 173 g/mol. The van der Waals surface area contributed by atoms with Crippen LogP contribution in [0.1, 0.15) is 6.92 Å². The van der Waals surface area contributed by atoms with Crippen LogP contribution in [0.3, 0.4) is 0 Å². The molecule has 0 unspecified atom stereocenters. The Labute approximate surface area is 68.9 Å². The van der Waals surface area contributed by atoms with Gasteiger partial charge >= 0.3 is 0 Å². The van der Waals surface area contributed by atoms with Gasteiger partial charge in [-0.3, -0.25) is 0 Å². The molecule has 0 aliphatic rings. The van der Waals surface area contributed by atoms with Gasteiger partial charge < -0.3 is 10.5 Å². The maximum Gasteiger partial charge on any atom is 0.202 e. The van der Waals surface area contributed by atoms with E-state index in [-0.39, 0.29) is 18.0 Å². The standard InChI is InChI=1S/C8H9F2NO/c1-2-12-8-6(11)4-3-5(9)7(8)10/h3-4H,2,11H2,1H3. The molecule has 0 radical (unpaired) electrons. The highest BCUT2D eigenvalue weighted by Crippen LogP contribution is 2.26. The number of nitrogens with two attached hydrogens (primary N) is 1. The molecule has 0 aromatic heterocycles. The van der Waals surface area contributed by atoms with E-state index in [2.05, 4.69) is 0 Å². The highest BCUT2D eigenvalue weighted by atomic mass is 19.2. The van der Waals surface area contributed by atoms with Gasteiger partial charge in [0.2, 0.25) is 5.82 Å². The van der Waals surface area contributed by atoms with E-state index in [1.807, 2.05) is 0 Å². The summed E-state index contributed by atoms with van der Waals surface area (Å²) in [6.45, 7) is 1.92. The Morgan fingerprint density at radius 1 is 1.42 bits per heavy atom. The third kappa shape index (κ3) is 1.47. The van der Waals surface area contributed by atoms with Gasteiger partial charge in [-0.2, -0.15) is 4.39 Å². The maximum atomic E-state index is 12.9. The molecule has 0 fully saturated rings. The van der Waals surface area contributed by atoms with Gasteiger partial charge in [0, 0.05) is 0 Å². The first-order valence-corrected chi connectivity index (χ1v) is 3.53. The van der Waals surface area contributed by atoms with Gasteiger partial charge in [0.15, 0.2) is 11.6 Å². The van der Waals surface area contributed by atoms with Crippen LogP contribution in [0.5, 0.6) is 5.75 Å². The van der Waals surface area contributed by atoms with Crippen molar-refractivity contribution in [2.45, 2.75) is 6.92 Å². The van der Waals surface area contributed by atoms with E-state index in [1.165, 1.54) is 6.07 Å². The van der Waals surface area contributed by atoms with Gasteiger partial charge in [0.05, 0.1) is 12.3 Å². The Morgan fingerprint density at radius 2 is 2.08 bits per heavy atom. The van der Waals surface area contributed by atoms with Gasteiger partial charge in [0.25, 0.3) is 0 Å². The van der Waals surface area contributed by atoms with Crippen LogP contribution in [0.25, 0.3) is 0 Å². The van der Waals surface area contributed by atoms with E-state index in [0.717, 1.165) is 6.07 Å². The minimum absolute atomic E-state index is 0.107. The molecular weight excluding hydrogens is 164 g/mol. The Bertz CT molecular complexity index is 289. The minimum Gasteiger partial charge on any atom is -0.489 e. The summed E-state index contributed by atoms with van der Waals surface area (Å²) < 4.78 is 30.2. The molecule has 0 amide bonds. The number of hydrogen-bond acceptors (Lipinski definition) is 2. The van der Waals surface area contributed by atoms with Crippen LogP contribution in [-0.4, -0.2) is 6.61 Å². The molecule has 0 saturated carbocycles. The fourth-order valence-corrected chi connectivity index (χ4v) is 0.838. The van der Waals surface area contributed by atoms with Crippen molar-refractivity contribution in [3.05, 3.63) is 23.8 Å². The molecule has 0 aliphatic carbocycles. The van der Waals surface area contributed by atoms with Gasteiger partial charge in [-0.1, -0.05) is 0 Å². The quantitative estimate of drug-likeness (QED) is 0.693. The van der Waals surface area contributed by atoms with Crippen LogP contribution in [0.2, 0.25) is 0 Å². The normalized spacial score (nSPS) is 9.92. The second-order valence-corrected chi connectivity index (χ2v) is 2.21. The third-order valence-electron chi connectivity index (χ3n) is 1.37. The van der Waals surface area contributed by atoms with Crippen LogP contribution in [0.4, 0.5) is 14.5 Å². The van der Waals surface area contributed by atoms with Crippen LogP contribution >= 0.6 is 0 Å². The number of nitrogen functional groups attached to an aromatic ring is 1. The zero-order valence-corrected chi connectivity index (χ0v) is 6.60. The molecule has 1 aromatic carbocycles. The van der Waals surface area contributed by atoms with Crippen molar-refractivity contribution in [1.82, 2.24) is 0 Å². The van der Waals surface area contributed by atoms with Crippen LogP contribution < -0.4 is 10.5 Å². The summed E-state index contributed by atoms with van der Waals surface area (Å²) in [6.07, 6.45) is 0.